The number of benzene rings is 1. The lowest BCUT2D eigenvalue weighted by Gasteiger charge is -2.11. The van der Waals surface area contributed by atoms with Gasteiger partial charge in [0.15, 0.2) is 0 Å². The number of aryl methyl sites for hydroxylation is 2. The highest BCUT2D eigenvalue weighted by atomic mass is 16.5. The van der Waals surface area contributed by atoms with Crippen molar-refractivity contribution in [1.82, 2.24) is 9.78 Å². The first-order valence-corrected chi connectivity index (χ1v) is 6.92. The maximum absolute atomic E-state index is 5.23. The van der Waals surface area contributed by atoms with Crippen LogP contribution in [0.1, 0.15) is 36.6 Å². The Morgan fingerprint density at radius 2 is 2.10 bits per heavy atom. The van der Waals surface area contributed by atoms with Crippen LogP contribution >= 0.6 is 0 Å². The van der Waals surface area contributed by atoms with Gasteiger partial charge in [-0.15, -0.1) is 0 Å². The molecule has 4 nitrogen and oxygen atoms in total. The number of rotatable bonds is 5. The first-order chi connectivity index (χ1) is 9.51. The lowest BCUT2D eigenvalue weighted by Crippen LogP contribution is -2.03. The van der Waals surface area contributed by atoms with Crippen molar-refractivity contribution in [1.29, 1.82) is 0 Å². The predicted octanol–water partition coefficient (Wildman–Crippen LogP) is 3.47. The Labute approximate surface area is 120 Å². The molecule has 0 aliphatic heterocycles. The number of ether oxygens (including phenoxy) is 1. The van der Waals surface area contributed by atoms with E-state index in [-0.39, 0.29) is 0 Å². The van der Waals surface area contributed by atoms with Crippen LogP contribution in [0.4, 0.5) is 5.69 Å². The first kappa shape index (κ1) is 14.4. The molecule has 20 heavy (non-hydrogen) atoms. The van der Waals surface area contributed by atoms with Crippen LogP contribution in [-0.4, -0.2) is 16.9 Å². The monoisotopic (exact) mass is 273 g/mol. The summed E-state index contributed by atoms with van der Waals surface area (Å²) in [6.45, 7) is 7.21. The van der Waals surface area contributed by atoms with Crippen molar-refractivity contribution < 1.29 is 4.74 Å². The summed E-state index contributed by atoms with van der Waals surface area (Å²) in [6, 6.07) is 6.07. The second kappa shape index (κ2) is 5.99. The standard InChI is InChI=1S/C16H23N3O/c1-11(2)16-13(10-19(4)18-16)9-17-15-7-6-14(20-5)8-12(15)3/h6-8,10-11,17H,9H2,1-5H3. The number of hydrogen-bond donors (Lipinski definition) is 1. The van der Waals surface area contributed by atoms with E-state index < -0.39 is 0 Å². The van der Waals surface area contributed by atoms with Gasteiger partial charge in [-0.05, 0) is 36.6 Å². The van der Waals surface area contributed by atoms with Crippen LogP contribution in [0.15, 0.2) is 24.4 Å². The average molecular weight is 273 g/mol. The van der Waals surface area contributed by atoms with Gasteiger partial charge < -0.3 is 10.1 Å². The molecule has 0 radical (unpaired) electrons. The number of aromatic nitrogens is 2. The van der Waals surface area contributed by atoms with E-state index in [1.807, 2.05) is 23.9 Å². The van der Waals surface area contributed by atoms with Gasteiger partial charge in [0.25, 0.3) is 0 Å². The average Bonchev–Trinajstić information content (AvgIpc) is 2.78. The lowest BCUT2D eigenvalue weighted by molar-refractivity contribution is 0.414. The van der Waals surface area contributed by atoms with Gasteiger partial charge in [0, 0.05) is 31.0 Å². The molecule has 0 spiro atoms. The topological polar surface area (TPSA) is 39.1 Å². The fourth-order valence-electron chi connectivity index (χ4n) is 2.33. The predicted molar refractivity (Wildman–Crippen MR) is 82.4 cm³/mol. The van der Waals surface area contributed by atoms with Gasteiger partial charge in [-0.2, -0.15) is 5.10 Å². The van der Waals surface area contributed by atoms with Gasteiger partial charge in [-0.25, -0.2) is 0 Å². The van der Waals surface area contributed by atoms with Crippen LogP contribution in [0.2, 0.25) is 0 Å². The van der Waals surface area contributed by atoms with Gasteiger partial charge >= 0.3 is 0 Å². The third kappa shape index (κ3) is 3.13. The minimum Gasteiger partial charge on any atom is -0.497 e. The molecule has 108 valence electrons. The second-order valence-corrected chi connectivity index (χ2v) is 5.40. The number of hydrogen-bond acceptors (Lipinski definition) is 3. The molecule has 1 aromatic heterocycles. The Balaban J connectivity index is 2.13. The van der Waals surface area contributed by atoms with E-state index in [0.717, 1.165) is 23.7 Å². The Bertz CT molecular complexity index is 587. The summed E-state index contributed by atoms with van der Waals surface area (Å²) in [4.78, 5) is 0. The molecule has 1 aromatic carbocycles. The zero-order chi connectivity index (χ0) is 14.7. The number of anilines is 1. The zero-order valence-corrected chi connectivity index (χ0v) is 12.9. The van der Waals surface area contributed by atoms with Crippen molar-refractivity contribution in [2.45, 2.75) is 33.2 Å². The number of nitrogens with zero attached hydrogens (tertiary/aromatic N) is 2. The zero-order valence-electron chi connectivity index (χ0n) is 12.9. The molecule has 2 rings (SSSR count). The second-order valence-electron chi connectivity index (χ2n) is 5.40. The molecule has 0 fully saturated rings. The lowest BCUT2D eigenvalue weighted by atomic mass is 10.1. The van der Waals surface area contributed by atoms with Gasteiger partial charge in [0.1, 0.15) is 5.75 Å². The Morgan fingerprint density at radius 3 is 2.70 bits per heavy atom. The third-order valence-electron chi connectivity index (χ3n) is 3.39. The minimum atomic E-state index is 0.435. The Morgan fingerprint density at radius 1 is 1.35 bits per heavy atom. The van der Waals surface area contributed by atoms with E-state index in [4.69, 9.17) is 4.74 Å². The van der Waals surface area contributed by atoms with Crippen molar-refractivity contribution in [2.75, 3.05) is 12.4 Å². The van der Waals surface area contributed by atoms with Gasteiger partial charge in [0.2, 0.25) is 0 Å². The molecule has 1 N–H and O–H groups in total. The van der Waals surface area contributed by atoms with E-state index in [9.17, 15) is 0 Å². The van der Waals surface area contributed by atoms with Crippen molar-refractivity contribution in [3.63, 3.8) is 0 Å². The largest absolute Gasteiger partial charge is 0.497 e. The van der Waals surface area contributed by atoms with Gasteiger partial charge in [-0.1, -0.05) is 13.8 Å². The van der Waals surface area contributed by atoms with E-state index in [0.29, 0.717) is 5.92 Å². The SMILES string of the molecule is COc1ccc(NCc2cn(C)nc2C(C)C)c(C)c1. The molecule has 2 aromatic rings. The van der Waals surface area contributed by atoms with Crippen LogP contribution in [0.3, 0.4) is 0 Å². The van der Waals surface area contributed by atoms with Crippen molar-refractivity contribution in [2.24, 2.45) is 7.05 Å². The smallest absolute Gasteiger partial charge is 0.119 e. The molecule has 4 heteroatoms. The number of nitrogens with one attached hydrogen (secondary N) is 1. The fraction of sp³-hybridized carbons (Fsp3) is 0.438. The summed E-state index contributed by atoms with van der Waals surface area (Å²) in [5, 5.41) is 8.01. The molecular weight excluding hydrogens is 250 g/mol. The summed E-state index contributed by atoms with van der Waals surface area (Å²) < 4.78 is 7.11. The third-order valence-corrected chi connectivity index (χ3v) is 3.39. The molecule has 0 amide bonds. The summed E-state index contributed by atoms with van der Waals surface area (Å²) in [5.74, 6) is 1.32. The normalized spacial score (nSPS) is 10.9. The number of methoxy groups -OCH3 is 1. The summed E-state index contributed by atoms with van der Waals surface area (Å²) in [5.41, 5.74) is 4.72. The molecule has 0 saturated carbocycles. The fourth-order valence-corrected chi connectivity index (χ4v) is 2.33. The van der Waals surface area contributed by atoms with Crippen LogP contribution in [-0.2, 0) is 13.6 Å². The highest BCUT2D eigenvalue weighted by molar-refractivity contribution is 5.54. The molecule has 0 bridgehead atoms. The molecular formula is C16H23N3O. The summed E-state index contributed by atoms with van der Waals surface area (Å²) in [6.07, 6.45) is 2.08. The molecule has 1 heterocycles. The molecule has 0 saturated heterocycles. The van der Waals surface area contributed by atoms with Crippen LogP contribution < -0.4 is 10.1 Å². The van der Waals surface area contributed by atoms with Gasteiger partial charge in [-0.3, -0.25) is 4.68 Å². The Kier molecular flexibility index (Phi) is 4.32. The Hall–Kier alpha value is -1.97. The summed E-state index contributed by atoms with van der Waals surface area (Å²) in [7, 11) is 3.65. The van der Waals surface area contributed by atoms with Crippen LogP contribution in [0.25, 0.3) is 0 Å². The molecule has 0 aliphatic carbocycles. The molecule has 0 atom stereocenters. The maximum atomic E-state index is 5.23. The van der Waals surface area contributed by atoms with E-state index >= 15 is 0 Å². The quantitative estimate of drug-likeness (QED) is 0.906. The molecule has 0 aliphatic rings. The van der Waals surface area contributed by atoms with Crippen molar-refractivity contribution in [3.8, 4) is 5.75 Å². The van der Waals surface area contributed by atoms with E-state index in [1.165, 1.54) is 11.1 Å². The first-order valence-electron chi connectivity index (χ1n) is 6.92. The van der Waals surface area contributed by atoms with Crippen molar-refractivity contribution >= 4 is 5.69 Å². The summed E-state index contributed by atoms with van der Waals surface area (Å²) >= 11 is 0. The van der Waals surface area contributed by atoms with Crippen LogP contribution in [0, 0.1) is 6.92 Å². The van der Waals surface area contributed by atoms with E-state index in [2.05, 4.69) is 43.4 Å². The van der Waals surface area contributed by atoms with Crippen LogP contribution in [0.5, 0.6) is 5.75 Å². The highest BCUT2D eigenvalue weighted by Gasteiger charge is 2.11. The van der Waals surface area contributed by atoms with Crippen molar-refractivity contribution in [3.05, 3.63) is 41.2 Å². The highest BCUT2D eigenvalue weighted by Crippen LogP contribution is 2.23. The minimum absolute atomic E-state index is 0.435. The van der Waals surface area contributed by atoms with Gasteiger partial charge in [0.05, 0.1) is 12.8 Å². The maximum Gasteiger partial charge on any atom is 0.119 e. The molecule has 0 unspecified atom stereocenters. The van der Waals surface area contributed by atoms with E-state index in [1.54, 1.807) is 7.11 Å².